The first-order valence-electron chi connectivity index (χ1n) is 5.97. The molecule has 7 unspecified atom stereocenters. The minimum Gasteiger partial charge on any atom is -0.357 e. The standard InChI is InChI=1S/C11H8F6O/c12-10(13,14)9(11(15,16)17)6-3-2-4(3)8(1-18-9)5(2)7(6)8/h2-7H,1H2. The highest BCUT2D eigenvalue weighted by Crippen LogP contribution is 3.03. The predicted molar refractivity (Wildman–Crippen MR) is 44.2 cm³/mol. The Labute approximate surface area is 97.5 Å². The molecule has 1 nitrogen and oxygen atoms in total. The third-order valence-corrected chi connectivity index (χ3v) is 6.35. The Bertz CT molecular complexity index is 459. The maximum absolute atomic E-state index is 13.1. The van der Waals surface area contributed by atoms with E-state index < -0.39 is 23.9 Å². The fourth-order valence-electron chi connectivity index (χ4n) is 6.09. The molecule has 1 heterocycles. The van der Waals surface area contributed by atoms with Crippen molar-refractivity contribution in [1.82, 2.24) is 0 Å². The lowest BCUT2D eigenvalue weighted by atomic mass is 9.78. The zero-order chi connectivity index (χ0) is 12.9. The van der Waals surface area contributed by atoms with Crippen LogP contribution >= 0.6 is 0 Å². The van der Waals surface area contributed by atoms with Gasteiger partial charge in [0, 0.05) is 11.3 Å². The van der Waals surface area contributed by atoms with Gasteiger partial charge in [-0.05, 0) is 29.6 Å². The number of rotatable bonds is 0. The topological polar surface area (TPSA) is 9.23 Å². The number of hydrogen-bond donors (Lipinski definition) is 0. The van der Waals surface area contributed by atoms with Crippen molar-refractivity contribution in [1.29, 1.82) is 0 Å². The molecule has 5 saturated carbocycles. The molecule has 1 saturated heterocycles. The number of alkyl halides is 6. The highest BCUT2D eigenvalue weighted by molar-refractivity contribution is 5.48. The van der Waals surface area contributed by atoms with Crippen molar-refractivity contribution in [3.8, 4) is 0 Å². The SMILES string of the molecule is FC(F)(F)C1(C(F)(F)F)OCC23C4C5C4C1C2C53. The van der Waals surface area contributed by atoms with Gasteiger partial charge < -0.3 is 4.74 Å². The summed E-state index contributed by atoms with van der Waals surface area (Å²) in [6.07, 6.45) is -10.7. The minimum absolute atomic E-state index is 0.101. The normalized spacial score (nSPS) is 61.0. The largest absolute Gasteiger partial charge is 0.426 e. The fraction of sp³-hybridized carbons (Fsp3) is 1.00. The third-order valence-electron chi connectivity index (χ3n) is 6.35. The second-order valence-electron chi connectivity index (χ2n) is 6.39. The maximum Gasteiger partial charge on any atom is 0.426 e. The molecule has 0 aromatic carbocycles. The molecule has 7 atom stereocenters. The first-order valence-corrected chi connectivity index (χ1v) is 5.97. The van der Waals surface area contributed by atoms with Crippen LogP contribution in [0.3, 0.4) is 0 Å². The second-order valence-corrected chi connectivity index (χ2v) is 6.39. The van der Waals surface area contributed by atoms with Gasteiger partial charge in [-0.3, -0.25) is 0 Å². The number of ether oxygens (including phenoxy) is 1. The molecular weight excluding hydrogens is 262 g/mol. The van der Waals surface area contributed by atoms with Crippen LogP contribution in [0.15, 0.2) is 0 Å². The average Bonchev–Trinajstić information content (AvgIpc) is 2.89. The molecular formula is C11H8F6O. The van der Waals surface area contributed by atoms with Crippen LogP contribution in [-0.2, 0) is 4.74 Å². The Hall–Kier alpha value is -0.460. The van der Waals surface area contributed by atoms with Crippen LogP contribution in [0, 0.1) is 40.9 Å². The van der Waals surface area contributed by atoms with Crippen molar-refractivity contribution < 1.29 is 31.1 Å². The molecule has 7 heteroatoms. The van der Waals surface area contributed by atoms with E-state index in [1.807, 2.05) is 0 Å². The van der Waals surface area contributed by atoms with Crippen molar-refractivity contribution in [2.45, 2.75) is 18.0 Å². The molecule has 18 heavy (non-hydrogen) atoms. The first kappa shape index (κ1) is 10.3. The Morgan fingerprint density at radius 2 is 1.33 bits per heavy atom. The van der Waals surface area contributed by atoms with E-state index in [2.05, 4.69) is 4.74 Å². The Kier molecular flexibility index (Phi) is 1.21. The lowest BCUT2D eigenvalue weighted by Gasteiger charge is -2.45. The van der Waals surface area contributed by atoms with Gasteiger partial charge in [-0.25, -0.2) is 0 Å². The molecule has 0 aromatic heterocycles. The Morgan fingerprint density at radius 3 is 1.83 bits per heavy atom. The molecule has 100 valence electrons. The van der Waals surface area contributed by atoms with Gasteiger partial charge >= 0.3 is 12.4 Å². The molecule has 0 aromatic rings. The van der Waals surface area contributed by atoms with E-state index in [1.165, 1.54) is 0 Å². The lowest BCUT2D eigenvalue weighted by molar-refractivity contribution is -0.408. The first-order chi connectivity index (χ1) is 8.20. The lowest BCUT2D eigenvalue weighted by Crippen LogP contribution is -2.65. The summed E-state index contributed by atoms with van der Waals surface area (Å²) in [5, 5.41) is 0. The summed E-state index contributed by atoms with van der Waals surface area (Å²) in [5.41, 5.74) is -4.17. The zero-order valence-corrected chi connectivity index (χ0v) is 8.85. The Balaban J connectivity index is 1.70. The van der Waals surface area contributed by atoms with Gasteiger partial charge in [0.05, 0.1) is 6.61 Å². The summed E-state index contributed by atoms with van der Waals surface area (Å²) >= 11 is 0. The van der Waals surface area contributed by atoms with Gasteiger partial charge in [0.25, 0.3) is 5.60 Å². The molecule has 6 fully saturated rings. The molecule has 1 spiro atoms. The van der Waals surface area contributed by atoms with Crippen LogP contribution in [0.4, 0.5) is 26.3 Å². The third kappa shape index (κ3) is 0.624. The van der Waals surface area contributed by atoms with Crippen LogP contribution < -0.4 is 0 Å². The van der Waals surface area contributed by atoms with Crippen LogP contribution in [0.5, 0.6) is 0 Å². The van der Waals surface area contributed by atoms with Gasteiger partial charge in [-0.1, -0.05) is 0 Å². The average molecular weight is 270 g/mol. The van der Waals surface area contributed by atoms with Gasteiger partial charge in [0.2, 0.25) is 0 Å². The summed E-state index contributed by atoms with van der Waals surface area (Å²) in [5.74, 6) is -1.78. The maximum atomic E-state index is 13.1. The van der Waals surface area contributed by atoms with E-state index in [0.717, 1.165) is 0 Å². The van der Waals surface area contributed by atoms with E-state index in [-0.39, 0.29) is 41.6 Å². The van der Waals surface area contributed by atoms with Crippen molar-refractivity contribution in [2.24, 2.45) is 40.9 Å². The van der Waals surface area contributed by atoms with E-state index >= 15 is 0 Å². The fourth-order valence-corrected chi connectivity index (χ4v) is 6.09. The van der Waals surface area contributed by atoms with Gasteiger partial charge in [-0.15, -0.1) is 0 Å². The quantitative estimate of drug-likeness (QED) is 0.615. The van der Waals surface area contributed by atoms with E-state index in [1.54, 1.807) is 0 Å². The van der Waals surface area contributed by atoms with E-state index in [4.69, 9.17) is 0 Å². The highest BCUT2D eigenvalue weighted by atomic mass is 19.4. The summed E-state index contributed by atoms with van der Waals surface area (Å²) in [4.78, 5) is 0. The van der Waals surface area contributed by atoms with Crippen LogP contribution in [0.1, 0.15) is 0 Å². The zero-order valence-electron chi connectivity index (χ0n) is 8.85. The minimum atomic E-state index is -5.37. The summed E-state index contributed by atoms with van der Waals surface area (Å²) in [7, 11) is 0. The van der Waals surface area contributed by atoms with Crippen molar-refractivity contribution in [3.05, 3.63) is 0 Å². The molecule has 0 N–H and O–H groups in total. The number of halogens is 6. The van der Waals surface area contributed by atoms with Crippen molar-refractivity contribution >= 4 is 0 Å². The smallest absolute Gasteiger partial charge is 0.357 e. The highest BCUT2D eigenvalue weighted by Gasteiger charge is 3.05. The molecule has 6 aliphatic rings. The molecule has 0 radical (unpaired) electrons. The summed E-state index contributed by atoms with van der Waals surface area (Å²) in [6, 6.07) is 0. The van der Waals surface area contributed by atoms with E-state index in [0.29, 0.717) is 0 Å². The summed E-state index contributed by atoms with van der Waals surface area (Å²) < 4.78 is 83.1. The molecule has 4 bridgehead atoms. The molecule has 5 aliphatic carbocycles. The van der Waals surface area contributed by atoms with Crippen molar-refractivity contribution in [3.63, 3.8) is 0 Å². The second kappa shape index (κ2) is 2.11. The molecule has 0 amide bonds. The van der Waals surface area contributed by atoms with Crippen LogP contribution in [-0.4, -0.2) is 24.6 Å². The van der Waals surface area contributed by atoms with Gasteiger partial charge in [-0.2, -0.15) is 26.3 Å². The number of hydrogen-bond acceptors (Lipinski definition) is 1. The van der Waals surface area contributed by atoms with Crippen LogP contribution in [0.2, 0.25) is 0 Å². The van der Waals surface area contributed by atoms with Gasteiger partial charge in [0.1, 0.15) is 0 Å². The monoisotopic (exact) mass is 270 g/mol. The summed E-state index contributed by atoms with van der Waals surface area (Å²) in [6.45, 7) is -0.352. The predicted octanol–water partition coefficient (Wildman–Crippen LogP) is 2.62. The van der Waals surface area contributed by atoms with Gasteiger partial charge in [0.15, 0.2) is 0 Å². The molecule has 6 rings (SSSR count). The van der Waals surface area contributed by atoms with Crippen LogP contribution in [0.25, 0.3) is 0 Å². The van der Waals surface area contributed by atoms with E-state index in [9.17, 15) is 26.3 Å². The molecule has 1 aliphatic heterocycles. The van der Waals surface area contributed by atoms with Crippen molar-refractivity contribution in [2.75, 3.05) is 6.61 Å². The Morgan fingerprint density at radius 1 is 0.778 bits per heavy atom.